The van der Waals surface area contributed by atoms with Crippen molar-refractivity contribution in [2.24, 2.45) is 17.1 Å². The lowest BCUT2D eigenvalue weighted by molar-refractivity contribution is 0.252. The lowest BCUT2D eigenvalue weighted by Crippen LogP contribution is -2.29. The van der Waals surface area contributed by atoms with Crippen LogP contribution >= 0.6 is 12.2 Å². The molecule has 0 saturated heterocycles. The molecule has 0 bridgehead atoms. The average molecular weight is 305 g/mol. The summed E-state index contributed by atoms with van der Waals surface area (Å²) in [5.74, 6) is 1.63. The van der Waals surface area contributed by atoms with E-state index >= 15 is 0 Å². The molecular weight excluding hydrogens is 278 g/mol. The van der Waals surface area contributed by atoms with Crippen LogP contribution in [0.4, 0.5) is 5.82 Å². The Hall–Kier alpha value is -1.16. The van der Waals surface area contributed by atoms with Gasteiger partial charge in [-0.25, -0.2) is 4.98 Å². The van der Waals surface area contributed by atoms with Gasteiger partial charge >= 0.3 is 0 Å². The fourth-order valence-electron chi connectivity index (χ4n) is 3.62. The molecule has 0 aromatic carbocycles. The van der Waals surface area contributed by atoms with Gasteiger partial charge in [-0.3, -0.25) is 0 Å². The van der Waals surface area contributed by atoms with Gasteiger partial charge in [0.1, 0.15) is 10.8 Å². The smallest absolute Gasteiger partial charge is 0.126 e. The molecule has 0 radical (unpaired) electrons. The van der Waals surface area contributed by atoms with Gasteiger partial charge in [0.15, 0.2) is 0 Å². The second-order valence-corrected chi connectivity index (χ2v) is 7.35. The third-order valence-corrected chi connectivity index (χ3v) is 4.62. The minimum absolute atomic E-state index is 0.432. The summed E-state index contributed by atoms with van der Waals surface area (Å²) in [7, 11) is 0. The third-order valence-electron chi connectivity index (χ3n) is 4.39. The minimum Gasteiger partial charge on any atom is -0.389 e. The van der Waals surface area contributed by atoms with E-state index in [9.17, 15) is 0 Å². The Morgan fingerprint density at radius 1 is 1.38 bits per heavy atom. The van der Waals surface area contributed by atoms with Gasteiger partial charge in [0.05, 0.1) is 0 Å². The van der Waals surface area contributed by atoms with Crippen molar-refractivity contribution < 1.29 is 0 Å². The molecule has 0 amide bonds. The summed E-state index contributed by atoms with van der Waals surface area (Å²) in [4.78, 5) is 4.99. The molecule has 0 aliphatic heterocycles. The highest BCUT2D eigenvalue weighted by Gasteiger charge is 2.34. The predicted molar refractivity (Wildman–Crippen MR) is 93.7 cm³/mol. The van der Waals surface area contributed by atoms with Crippen molar-refractivity contribution in [3.8, 4) is 0 Å². The van der Waals surface area contributed by atoms with Gasteiger partial charge in [-0.2, -0.15) is 0 Å². The van der Waals surface area contributed by atoms with Crippen LogP contribution in [0.25, 0.3) is 0 Å². The molecule has 0 atom stereocenters. The second-order valence-electron chi connectivity index (χ2n) is 6.91. The van der Waals surface area contributed by atoms with Crippen molar-refractivity contribution in [1.82, 2.24) is 4.98 Å². The van der Waals surface area contributed by atoms with E-state index in [4.69, 9.17) is 18.0 Å². The van der Waals surface area contributed by atoms with E-state index in [0.717, 1.165) is 29.5 Å². The summed E-state index contributed by atoms with van der Waals surface area (Å²) < 4.78 is 0. The molecule has 21 heavy (non-hydrogen) atoms. The number of nitrogens with one attached hydrogen (secondary N) is 1. The van der Waals surface area contributed by atoms with Crippen LogP contribution in [-0.2, 0) is 0 Å². The maximum atomic E-state index is 5.74. The number of hydrogen-bond acceptors (Lipinski definition) is 3. The van der Waals surface area contributed by atoms with E-state index in [2.05, 4.69) is 24.1 Å². The zero-order chi connectivity index (χ0) is 15.5. The molecule has 1 aliphatic rings. The summed E-state index contributed by atoms with van der Waals surface area (Å²) in [6.45, 7) is 7.61. The van der Waals surface area contributed by atoms with Gasteiger partial charge in [0.2, 0.25) is 0 Å². The maximum Gasteiger partial charge on any atom is 0.126 e. The normalized spacial score (nSPS) is 17.1. The molecule has 1 aliphatic carbocycles. The molecule has 1 heterocycles. The molecule has 1 aromatic heterocycles. The Labute approximate surface area is 133 Å². The van der Waals surface area contributed by atoms with Crippen molar-refractivity contribution in [3.05, 3.63) is 23.4 Å². The molecule has 3 N–H and O–H groups in total. The minimum atomic E-state index is 0.432. The Balaban J connectivity index is 2.09. The Morgan fingerprint density at radius 3 is 2.62 bits per heavy atom. The van der Waals surface area contributed by atoms with Gasteiger partial charge in [0.25, 0.3) is 0 Å². The van der Waals surface area contributed by atoms with E-state index in [-0.39, 0.29) is 0 Å². The zero-order valence-electron chi connectivity index (χ0n) is 13.4. The molecule has 4 heteroatoms. The number of rotatable bonds is 6. The predicted octanol–water partition coefficient (Wildman–Crippen LogP) is 4.04. The zero-order valence-corrected chi connectivity index (χ0v) is 14.2. The van der Waals surface area contributed by atoms with Crippen molar-refractivity contribution in [2.45, 2.75) is 52.9 Å². The quantitative estimate of drug-likeness (QED) is 0.779. The van der Waals surface area contributed by atoms with Crippen molar-refractivity contribution in [1.29, 1.82) is 0 Å². The van der Waals surface area contributed by atoms with Crippen LogP contribution in [0.5, 0.6) is 0 Å². The van der Waals surface area contributed by atoms with Crippen molar-refractivity contribution >= 4 is 23.0 Å². The van der Waals surface area contributed by atoms with Crippen LogP contribution < -0.4 is 11.1 Å². The average Bonchev–Trinajstić information content (AvgIpc) is 2.84. The fourth-order valence-corrected chi connectivity index (χ4v) is 3.74. The molecule has 1 fully saturated rings. The van der Waals surface area contributed by atoms with Crippen LogP contribution in [0.3, 0.4) is 0 Å². The molecule has 116 valence electrons. The second kappa shape index (κ2) is 6.73. The summed E-state index contributed by atoms with van der Waals surface area (Å²) in [6, 6.07) is 3.90. The standard InChI is InChI=1S/C17H27N3S/c1-12(2)10-17(6-4-5-7-17)11-19-15-9-14(16(18)21)8-13(3)20-15/h8-9,12H,4-7,10-11H2,1-3H3,(H2,18,21)(H,19,20). The Morgan fingerprint density at radius 2 is 2.05 bits per heavy atom. The summed E-state index contributed by atoms with van der Waals surface area (Å²) in [5.41, 5.74) is 8.02. The molecule has 0 unspecified atom stereocenters. The van der Waals surface area contributed by atoms with E-state index in [1.165, 1.54) is 32.1 Å². The van der Waals surface area contributed by atoms with Gasteiger partial charge in [-0.05, 0) is 49.7 Å². The van der Waals surface area contributed by atoms with Crippen LogP contribution in [-0.4, -0.2) is 16.5 Å². The summed E-state index contributed by atoms with van der Waals surface area (Å²) >= 11 is 5.07. The lowest BCUT2D eigenvalue weighted by atomic mass is 9.78. The molecular formula is C17H27N3S. The molecule has 3 nitrogen and oxygen atoms in total. The van der Waals surface area contributed by atoms with Crippen LogP contribution in [0, 0.1) is 18.3 Å². The number of nitrogens with zero attached hydrogens (tertiary/aromatic N) is 1. The first-order valence-electron chi connectivity index (χ1n) is 7.93. The van der Waals surface area contributed by atoms with Gasteiger partial charge in [-0.15, -0.1) is 0 Å². The highest BCUT2D eigenvalue weighted by molar-refractivity contribution is 7.80. The number of pyridine rings is 1. The van der Waals surface area contributed by atoms with Gasteiger partial charge < -0.3 is 11.1 Å². The third kappa shape index (κ3) is 4.40. The molecule has 0 spiro atoms. The first-order valence-corrected chi connectivity index (χ1v) is 8.33. The van der Waals surface area contributed by atoms with Crippen molar-refractivity contribution in [3.63, 3.8) is 0 Å². The van der Waals surface area contributed by atoms with E-state index in [0.29, 0.717) is 10.4 Å². The van der Waals surface area contributed by atoms with Gasteiger partial charge in [0, 0.05) is 17.8 Å². The first-order chi connectivity index (χ1) is 9.90. The summed E-state index contributed by atoms with van der Waals surface area (Å²) in [6.07, 6.45) is 6.65. The van der Waals surface area contributed by atoms with Crippen LogP contribution in [0.2, 0.25) is 0 Å². The Kier molecular flexibility index (Phi) is 5.20. The largest absolute Gasteiger partial charge is 0.389 e. The Bertz CT molecular complexity index is 505. The number of aryl methyl sites for hydroxylation is 1. The van der Waals surface area contributed by atoms with Crippen LogP contribution in [0.1, 0.15) is 57.2 Å². The molecule has 2 rings (SSSR count). The number of hydrogen-bond donors (Lipinski definition) is 2. The molecule has 1 aromatic rings. The number of anilines is 1. The van der Waals surface area contributed by atoms with E-state index < -0.39 is 0 Å². The molecule has 1 saturated carbocycles. The monoisotopic (exact) mass is 305 g/mol. The maximum absolute atomic E-state index is 5.74. The van der Waals surface area contributed by atoms with Crippen molar-refractivity contribution in [2.75, 3.05) is 11.9 Å². The highest BCUT2D eigenvalue weighted by atomic mass is 32.1. The van der Waals surface area contributed by atoms with Gasteiger partial charge in [-0.1, -0.05) is 38.9 Å². The highest BCUT2D eigenvalue weighted by Crippen LogP contribution is 2.43. The fraction of sp³-hybridized carbons (Fsp3) is 0.647. The van der Waals surface area contributed by atoms with E-state index in [1.54, 1.807) is 0 Å². The van der Waals surface area contributed by atoms with Crippen LogP contribution in [0.15, 0.2) is 12.1 Å². The topological polar surface area (TPSA) is 50.9 Å². The number of nitrogens with two attached hydrogens (primary N) is 1. The number of thiocarbonyl (C=S) groups is 1. The SMILES string of the molecule is Cc1cc(C(N)=S)cc(NCC2(CC(C)C)CCCC2)n1. The first kappa shape index (κ1) is 16.2. The number of aromatic nitrogens is 1. The summed E-state index contributed by atoms with van der Waals surface area (Å²) in [5, 5.41) is 3.54. The van der Waals surface area contributed by atoms with E-state index in [1.807, 2.05) is 19.1 Å². The lowest BCUT2D eigenvalue weighted by Gasteiger charge is -2.31.